The number of rotatable bonds is 7. The number of aromatic nitrogens is 2. The van der Waals surface area contributed by atoms with E-state index in [1.54, 1.807) is 0 Å². The number of carbonyl (C=O) groups is 2. The lowest BCUT2D eigenvalue weighted by Gasteiger charge is -2.36. The number of hydrogen-bond donors (Lipinski definition) is 1. The van der Waals surface area contributed by atoms with Crippen molar-refractivity contribution in [3.63, 3.8) is 0 Å². The molecule has 2 aliphatic rings. The maximum atomic E-state index is 13.6. The highest BCUT2D eigenvalue weighted by atomic mass is 19.1. The van der Waals surface area contributed by atoms with Gasteiger partial charge in [-0.3, -0.25) is 9.48 Å². The van der Waals surface area contributed by atoms with Gasteiger partial charge >= 0.3 is 5.97 Å². The first-order chi connectivity index (χ1) is 16.4. The maximum absolute atomic E-state index is 13.6. The molecule has 0 aliphatic carbocycles. The molecule has 1 amide bonds. The molecule has 1 atom stereocenters. The Balaban J connectivity index is 1.48. The van der Waals surface area contributed by atoms with E-state index in [0.717, 1.165) is 30.7 Å². The molecule has 184 valence electrons. The normalized spacial score (nSPS) is 18.1. The molecular formula is C25H32FN3O5. The first-order valence-corrected chi connectivity index (χ1v) is 11.8. The van der Waals surface area contributed by atoms with Crippen molar-refractivity contribution in [2.45, 2.75) is 46.1 Å². The van der Waals surface area contributed by atoms with Gasteiger partial charge in [-0.15, -0.1) is 0 Å². The van der Waals surface area contributed by atoms with Crippen LogP contribution in [-0.2, 0) is 28.9 Å². The van der Waals surface area contributed by atoms with Crippen LogP contribution in [0.4, 0.5) is 4.39 Å². The number of amides is 1. The number of methoxy groups -OCH3 is 1. The van der Waals surface area contributed by atoms with Crippen LogP contribution in [0.2, 0.25) is 0 Å². The van der Waals surface area contributed by atoms with Crippen LogP contribution >= 0.6 is 0 Å². The topological polar surface area (TPSA) is 91.7 Å². The van der Waals surface area contributed by atoms with Crippen molar-refractivity contribution >= 4 is 11.9 Å². The van der Waals surface area contributed by atoms with Crippen molar-refractivity contribution < 1.29 is 28.2 Å². The van der Waals surface area contributed by atoms with Gasteiger partial charge in [0, 0.05) is 32.2 Å². The predicted molar refractivity (Wildman–Crippen MR) is 123 cm³/mol. The minimum atomic E-state index is -0.542. The van der Waals surface area contributed by atoms with Gasteiger partial charge in [0.1, 0.15) is 0 Å². The lowest BCUT2D eigenvalue weighted by atomic mass is 9.76. The van der Waals surface area contributed by atoms with Gasteiger partial charge in [0.15, 0.2) is 11.6 Å². The van der Waals surface area contributed by atoms with Crippen LogP contribution in [0.1, 0.15) is 58.8 Å². The Hall–Kier alpha value is -2.94. The van der Waals surface area contributed by atoms with E-state index in [4.69, 9.17) is 19.3 Å². The summed E-state index contributed by atoms with van der Waals surface area (Å²) in [5.74, 6) is -1.19. The standard InChI is InChI=1S/C25H32FN3O5/c1-4-19-22-20(12-25(15-27-23(22)30)7-9-33-10-8-25)29(28-19)13-16(2)14-34-24(31)17-5-6-18(26)21(11-17)32-3/h5-6,11,16H,4,7-10,12-15H2,1-3H3,(H,27,30)/t16-/m1/s1. The molecule has 1 fully saturated rings. The Bertz CT molecular complexity index is 1060. The summed E-state index contributed by atoms with van der Waals surface area (Å²) >= 11 is 0. The van der Waals surface area contributed by atoms with Crippen LogP contribution in [-0.4, -0.2) is 55.1 Å². The van der Waals surface area contributed by atoms with E-state index in [-0.39, 0.29) is 35.2 Å². The molecule has 0 saturated carbocycles. The fourth-order valence-corrected chi connectivity index (χ4v) is 4.76. The molecule has 8 nitrogen and oxygen atoms in total. The summed E-state index contributed by atoms with van der Waals surface area (Å²) in [6.45, 7) is 6.68. The van der Waals surface area contributed by atoms with Gasteiger partial charge in [0.2, 0.25) is 0 Å². The van der Waals surface area contributed by atoms with Crippen molar-refractivity contribution in [3.8, 4) is 5.75 Å². The first-order valence-electron chi connectivity index (χ1n) is 11.8. The minimum Gasteiger partial charge on any atom is -0.494 e. The molecule has 2 aliphatic heterocycles. The third-order valence-electron chi connectivity index (χ3n) is 6.78. The number of hydrogen-bond acceptors (Lipinski definition) is 6. The summed E-state index contributed by atoms with van der Waals surface area (Å²) in [6.07, 6.45) is 3.22. The molecule has 34 heavy (non-hydrogen) atoms. The Labute approximate surface area is 198 Å². The molecule has 0 unspecified atom stereocenters. The molecule has 3 heterocycles. The Morgan fingerprint density at radius 2 is 2.12 bits per heavy atom. The van der Waals surface area contributed by atoms with E-state index >= 15 is 0 Å². The third-order valence-corrected chi connectivity index (χ3v) is 6.78. The monoisotopic (exact) mass is 473 g/mol. The van der Waals surface area contributed by atoms with Gasteiger partial charge in [0.05, 0.1) is 36.2 Å². The number of nitrogens with one attached hydrogen (secondary N) is 1. The number of nitrogens with zero attached hydrogens (tertiary/aromatic N) is 2. The number of fused-ring (bicyclic) bond motifs is 1. The zero-order valence-corrected chi connectivity index (χ0v) is 20.0. The number of esters is 1. The summed E-state index contributed by atoms with van der Waals surface area (Å²) in [6, 6.07) is 3.88. The molecule has 1 saturated heterocycles. The second-order valence-electron chi connectivity index (χ2n) is 9.33. The zero-order chi connectivity index (χ0) is 24.3. The lowest BCUT2D eigenvalue weighted by Crippen LogP contribution is -2.41. The third kappa shape index (κ3) is 4.94. The smallest absolute Gasteiger partial charge is 0.338 e. The van der Waals surface area contributed by atoms with E-state index in [2.05, 4.69) is 5.32 Å². The van der Waals surface area contributed by atoms with E-state index in [1.165, 1.54) is 25.3 Å². The lowest BCUT2D eigenvalue weighted by molar-refractivity contribution is 0.0151. The number of halogens is 1. The second kappa shape index (κ2) is 10.1. The van der Waals surface area contributed by atoms with E-state index in [0.29, 0.717) is 38.3 Å². The molecule has 1 aromatic carbocycles. The van der Waals surface area contributed by atoms with Crippen LogP contribution in [0.15, 0.2) is 18.2 Å². The molecule has 1 aromatic heterocycles. The average molecular weight is 474 g/mol. The quantitative estimate of drug-likeness (QED) is 0.621. The van der Waals surface area contributed by atoms with E-state index in [9.17, 15) is 14.0 Å². The molecular weight excluding hydrogens is 441 g/mol. The van der Waals surface area contributed by atoms with Crippen molar-refractivity contribution in [2.24, 2.45) is 11.3 Å². The summed E-state index contributed by atoms with van der Waals surface area (Å²) in [4.78, 5) is 25.4. The van der Waals surface area contributed by atoms with Crippen LogP contribution in [0.25, 0.3) is 0 Å². The highest BCUT2D eigenvalue weighted by Crippen LogP contribution is 2.37. The second-order valence-corrected chi connectivity index (χ2v) is 9.33. The summed E-state index contributed by atoms with van der Waals surface area (Å²) in [7, 11) is 1.35. The summed E-state index contributed by atoms with van der Waals surface area (Å²) < 4.78 is 31.5. The molecule has 1 spiro atoms. The molecule has 4 rings (SSSR count). The fraction of sp³-hybridized carbons (Fsp3) is 0.560. The summed E-state index contributed by atoms with van der Waals surface area (Å²) in [5.41, 5.74) is 2.63. The molecule has 1 N–H and O–H groups in total. The van der Waals surface area contributed by atoms with Crippen molar-refractivity contribution in [2.75, 3.05) is 33.5 Å². The number of aryl methyl sites for hydroxylation is 1. The minimum absolute atomic E-state index is 0.00542. The van der Waals surface area contributed by atoms with Crippen LogP contribution in [0.5, 0.6) is 5.75 Å². The Morgan fingerprint density at radius 1 is 1.35 bits per heavy atom. The highest BCUT2D eigenvalue weighted by molar-refractivity contribution is 5.97. The van der Waals surface area contributed by atoms with Crippen LogP contribution in [0, 0.1) is 17.2 Å². The number of ether oxygens (including phenoxy) is 3. The average Bonchev–Trinajstić information content (AvgIpc) is 3.11. The Kier molecular flexibility index (Phi) is 7.21. The predicted octanol–water partition coefficient (Wildman–Crippen LogP) is 3.17. The fourth-order valence-electron chi connectivity index (χ4n) is 4.76. The molecule has 2 aromatic rings. The van der Waals surface area contributed by atoms with Crippen LogP contribution in [0.3, 0.4) is 0 Å². The number of carbonyl (C=O) groups excluding carboxylic acids is 2. The first kappa shape index (κ1) is 24.2. The van der Waals surface area contributed by atoms with Gasteiger partial charge < -0.3 is 19.5 Å². The Morgan fingerprint density at radius 3 is 2.82 bits per heavy atom. The number of benzene rings is 1. The van der Waals surface area contributed by atoms with Crippen molar-refractivity contribution in [1.82, 2.24) is 15.1 Å². The van der Waals surface area contributed by atoms with E-state index < -0.39 is 11.8 Å². The van der Waals surface area contributed by atoms with E-state index in [1.807, 2.05) is 18.5 Å². The van der Waals surface area contributed by atoms with Gasteiger partial charge in [-0.25, -0.2) is 9.18 Å². The SMILES string of the molecule is CCc1nn(C[C@@H](C)COC(=O)c2ccc(F)c(OC)c2)c2c1C(=O)NCC1(CCOCC1)C2. The highest BCUT2D eigenvalue weighted by Gasteiger charge is 2.39. The molecule has 9 heteroatoms. The van der Waals surface area contributed by atoms with Gasteiger partial charge in [-0.2, -0.15) is 5.10 Å². The largest absolute Gasteiger partial charge is 0.494 e. The zero-order valence-electron chi connectivity index (χ0n) is 20.0. The molecule has 0 radical (unpaired) electrons. The van der Waals surface area contributed by atoms with Crippen molar-refractivity contribution in [3.05, 3.63) is 46.5 Å². The van der Waals surface area contributed by atoms with Gasteiger partial charge in [0.25, 0.3) is 5.91 Å². The maximum Gasteiger partial charge on any atom is 0.338 e. The summed E-state index contributed by atoms with van der Waals surface area (Å²) in [5, 5.41) is 7.88. The van der Waals surface area contributed by atoms with Crippen LogP contribution < -0.4 is 10.1 Å². The van der Waals surface area contributed by atoms with Gasteiger partial charge in [-0.1, -0.05) is 13.8 Å². The van der Waals surface area contributed by atoms with Gasteiger partial charge in [-0.05, 0) is 49.3 Å². The van der Waals surface area contributed by atoms with Crippen molar-refractivity contribution in [1.29, 1.82) is 0 Å². The molecule has 0 bridgehead atoms.